The van der Waals surface area contributed by atoms with E-state index in [4.69, 9.17) is 10.5 Å². The van der Waals surface area contributed by atoms with E-state index < -0.39 is 36.3 Å². The van der Waals surface area contributed by atoms with Crippen LogP contribution in [0.1, 0.15) is 11.1 Å². The molecule has 0 saturated carbocycles. The average molecular weight is 477 g/mol. The number of rotatable bonds is 6. The summed E-state index contributed by atoms with van der Waals surface area (Å²) in [4.78, 5) is 11.3. The van der Waals surface area contributed by atoms with Gasteiger partial charge in [-0.3, -0.25) is 5.41 Å². The molecule has 0 unspecified atom stereocenters. The second-order valence-corrected chi connectivity index (χ2v) is 5.79. The highest BCUT2D eigenvalue weighted by atomic mass is 19.4. The standard InChI is InChI=1S/C18H13F6N5O4/c19-17(20,21)32-13-5-1-11(2-6-13)9-26-28-15(25)29(16(30)31)27-10-12-3-7-14(8-4-12)33-18(22,23)24/h1-10H,(H2,25,28)(H,30,31)/b26-9+,27-10-. The third-order valence-electron chi connectivity index (χ3n) is 3.33. The van der Waals surface area contributed by atoms with Gasteiger partial charge in [-0.05, 0) is 59.7 Å². The summed E-state index contributed by atoms with van der Waals surface area (Å²) in [6.07, 6.45) is -9.33. The zero-order chi connectivity index (χ0) is 24.6. The van der Waals surface area contributed by atoms with Crippen molar-refractivity contribution in [1.29, 1.82) is 5.41 Å². The lowest BCUT2D eigenvalue weighted by Gasteiger charge is -2.13. The smallest absolute Gasteiger partial charge is 0.463 e. The Morgan fingerprint density at radius 2 is 1.30 bits per heavy atom. The van der Waals surface area contributed by atoms with Crippen molar-refractivity contribution in [2.75, 3.05) is 0 Å². The van der Waals surface area contributed by atoms with Crippen molar-refractivity contribution >= 4 is 24.5 Å². The number of benzene rings is 2. The summed E-state index contributed by atoms with van der Waals surface area (Å²) in [5.41, 5.74) is 2.57. The lowest BCUT2D eigenvalue weighted by molar-refractivity contribution is -0.275. The van der Waals surface area contributed by atoms with E-state index in [0.717, 1.165) is 36.7 Å². The fraction of sp³-hybridized carbons (Fsp3) is 0.111. The molecular formula is C18H13F6N5O4. The number of carboxylic acid groups (broad SMARTS) is 1. The van der Waals surface area contributed by atoms with Crippen molar-refractivity contribution in [2.24, 2.45) is 10.2 Å². The number of nitrogens with zero attached hydrogens (tertiary/aromatic N) is 3. The summed E-state index contributed by atoms with van der Waals surface area (Å²) in [7, 11) is 0. The summed E-state index contributed by atoms with van der Waals surface area (Å²) in [5, 5.41) is 24.1. The molecule has 176 valence electrons. The van der Waals surface area contributed by atoms with Crippen LogP contribution in [-0.4, -0.2) is 47.3 Å². The molecular weight excluding hydrogens is 464 g/mol. The molecule has 15 heteroatoms. The number of hydrazone groups is 2. The van der Waals surface area contributed by atoms with E-state index in [9.17, 15) is 31.1 Å². The number of alkyl halides is 6. The number of hydrogen-bond acceptors (Lipinski definition) is 6. The van der Waals surface area contributed by atoms with Gasteiger partial charge in [0.2, 0.25) is 5.96 Å². The van der Waals surface area contributed by atoms with Crippen molar-refractivity contribution in [3.05, 3.63) is 59.7 Å². The van der Waals surface area contributed by atoms with Crippen molar-refractivity contribution in [1.82, 2.24) is 10.4 Å². The Labute approximate surface area is 181 Å². The van der Waals surface area contributed by atoms with Gasteiger partial charge in [-0.2, -0.15) is 10.2 Å². The normalized spacial score (nSPS) is 12.1. The first-order valence-electron chi connectivity index (χ1n) is 8.49. The molecule has 0 radical (unpaired) electrons. The third kappa shape index (κ3) is 9.16. The first kappa shape index (κ1) is 25.0. The molecule has 0 bridgehead atoms. The van der Waals surface area contributed by atoms with E-state index in [0.29, 0.717) is 5.56 Å². The number of ether oxygens (including phenoxy) is 2. The maximum Gasteiger partial charge on any atom is 0.573 e. The summed E-state index contributed by atoms with van der Waals surface area (Å²) in [5.74, 6) is -1.76. The van der Waals surface area contributed by atoms with Gasteiger partial charge >= 0.3 is 18.8 Å². The Balaban J connectivity index is 1.97. The Morgan fingerprint density at radius 3 is 1.70 bits per heavy atom. The molecule has 0 aliphatic heterocycles. The van der Waals surface area contributed by atoms with E-state index in [1.807, 2.05) is 0 Å². The zero-order valence-electron chi connectivity index (χ0n) is 16.1. The Morgan fingerprint density at radius 1 is 0.879 bits per heavy atom. The topological polar surface area (TPSA) is 120 Å². The molecule has 0 aliphatic rings. The summed E-state index contributed by atoms with van der Waals surface area (Å²) < 4.78 is 80.3. The molecule has 0 aromatic heterocycles. The number of halogens is 6. The molecule has 2 aromatic rings. The van der Waals surface area contributed by atoms with Gasteiger partial charge in [0, 0.05) is 0 Å². The highest BCUT2D eigenvalue weighted by Crippen LogP contribution is 2.23. The minimum Gasteiger partial charge on any atom is -0.463 e. The molecule has 0 aliphatic carbocycles. The number of hydrogen-bond donors (Lipinski definition) is 3. The largest absolute Gasteiger partial charge is 0.573 e. The molecule has 0 saturated heterocycles. The van der Waals surface area contributed by atoms with Gasteiger partial charge in [-0.1, -0.05) is 0 Å². The van der Waals surface area contributed by atoms with Crippen molar-refractivity contribution in [2.45, 2.75) is 12.7 Å². The fourth-order valence-electron chi connectivity index (χ4n) is 2.05. The van der Waals surface area contributed by atoms with Gasteiger partial charge in [-0.15, -0.1) is 31.4 Å². The Bertz CT molecular complexity index is 1020. The van der Waals surface area contributed by atoms with E-state index in [1.54, 1.807) is 0 Å². The first-order chi connectivity index (χ1) is 15.3. The summed E-state index contributed by atoms with van der Waals surface area (Å²) in [6.45, 7) is 0. The van der Waals surface area contributed by atoms with E-state index in [1.165, 1.54) is 24.3 Å². The second-order valence-electron chi connectivity index (χ2n) is 5.79. The van der Waals surface area contributed by atoms with Crippen LogP contribution in [0.15, 0.2) is 58.7 Å². The van der Waals surface area contributed by atoms with E-state index in [2.05, 4.69) is 25.1 Å². The van der Waals surface area contributed by atoms with Crippen LogP contribution in [0, 0.1) is 5.41 Å². The first-order valence-corrected chi connectivity index (χ1v) is 8.49. The molecule has 2 rings (SSSR count). The van der Waals surface area contributed by atoms with Crippen LogP contribution >= 0.6 is 0 Å². The highest BCUT2D eigenvalue weighted by molar-refractivity contribution is 5.93. The third-order valence-corrected chi connectivity index (χ3v) is 3.33. The van der Waals surface area contributed by atoms with Gasteiger partial charge in [0.15, 0.2) is 0 Å². The summed E-state index contributed by atoms with van der Waals surface area (Å²) in [6, 6.07) is 8.83. The Kier molecular flexibility index (Phi) is 7.82. The minimum atomic E-state index is -4.87. The average Bonchev–Trinajstić information content (AvgIpc) is 2.68. The highest BCUT2D eigenvalue weighted by Gasteiger charge is 2.31. The van der Waals surface area contributed by atoms with Gasteiger partial charge in [-0.25, -0.2) is 10.2 Å². The number of amides is 1. The van der Waals surface area contributed by atoms with Gasteiger partial charge in [0.1, 0.15) is 11.5 Å². The predicted molar refractivity (Wildman–Crippen MR) is 102 cm³/mol. The maximum absolute atomic E-state index is 12.2. The SMILES string of the molecule is N=C(N/N=C/c1ccc(OC(F)(F)F)cc1)N(/N=C\c1ccc(OC(F)(F)F)cc1)C(=O)O. The fourth-order valence-corrected chi connectivity index (χ4v) is 2.05. The minimum absolute atomic E-state index is 0.178. The van der Waals surface area contributed by atoms with Crippen LogP contribution in [0.25, 0.3) is 0 Å². The van der Waals surface area contributed by atoms with Crippen LogP contribution in [0.2, 0.25) is 0 Å². The van der Waals surface area contributed by atoms with Crippen LogP contribution in [0.5, 0.6) is 11.5 Å². The molecule has 1 amide bonds. The lowest BCUT2D eigenvalue weighted by atomic mass is 10.2. The molecule has 0 atom stereocenters. The number of carbonyl (C=O) groups is 1. The molecule has 0 spiro atoms. The second kappa shape index (κ2) is 10.3. The van der Waals surface area contributed by atoms with E-state index in [-0.39, 0.29) is 10.6 Å². The monoisotopic (exact) mass is 477 g/mol. The molecule has 9 nitrogen and oxygen atoms in total. The predicted octanol–water partition coefficient (Wildman–Crippen LogP) is 4.36. The van der Waals surface area contributed by atoms with Crippen molar-refractivity contribution in [3.63, 3.8) is 0 Å². The van der Waals surface area contributed by atoms with E-state index >= 15 is 0 Å². The number of guanidine groups is 1. The maximum atomic E-state index is 12.2. The van der Waals surface area contributed by atoms with Gasteiger partial charge < -0.3 is 14.6 Å². The van der Waals surface area contributed by atoms with Crippen LogP contribution < -0.4 is 14.9 Å². The van der Waals surface area contributed by atoms with Crippen LogP contribution in [0.4, 0.5) is 31.1 Å². The molecule has 2 aromatic carbocycles. The molecule has 0 fully saturated rings. The molecule has 33 heavy (non-hydrogen) atoms. The molecule has 0 heterocycles. The Hall–Kier alpha value is -4.30. The van der Waals surface area contributed by atoms with Crippen molar-refractivity contribution < 1.29 is 45.7 Å². The van der Waals surface area contributed by atoms with Crippen LogP contribution in [0.3, 0.4) is 0 Å². The van der Waals surface area contributed by atoms with Crippen molar-refractivity contribution in [3.8, 4) is 11.5 Å². The lowest BCUT2D eigenvalue weighted by Crippen LogP contribution is -2.38. The van der Waals surface area contributed by atoms with Gasteiger partial charge in [0.05, 0.1) is 12.4 Å². The molecule has 3 N–H and O–H groups in total. The van der Waals surface area contributed by atoms with Crippen LogP contribution in [-0.2, 0) is 0 Å². The quantitative estimate of drug-likeness (QED) is 0.247. The van der Waals surface area contributed by atoms with Gasteiger partial charge in [0.25, 0.3) is 0 Å². The summed E-state index contributed by atoms with van der Waals surface area (Å²) >= 11 is 0. The number of nitrogens with one attached hydrogen (secondary N) is 2. The zero-order valence-corrected chi connectivity index (χ0v) is 16.1.